The maximum Gasteiger partial charge on any atom is 0.0419 e. The molecule has 0 aliphatic heterocycles. The van der Waals surface area contributed by atoms with Crippen LogP contribution in [-0.2, 0) is 0 Å². The molecule has 0 atom stereocenters. The van der Waals surface area contributed by atoms with E-state index < -0.39 is 0 Å². The predicted octanol–water partition coefficient (Wildman–Crippen LogP) is 5.51. The molecular weight excluding hydrogens is 242 g/mol. The van der Waals surface area contributed by atoms with Crippen molar-refractivity contribution in [3.63, 3.8) is 0 Å². The largest absolute Gasteiger partial charge is 0.385 e. The molecule has 0 unspecified atom stereocenters. The van der Waals surface area contributed by atoms with Crippen LogP contribution < -0.4 is 5.32 Å². The van der Waals surface area contributed by atoms with Crippen molar-refractivity contribution in [2.24, 2.45) is 0 Å². The van der Waals surface area contributed by atoms with Gasteiger partial charge in [-0.05, 0) is 30.9 Å². The first-order valence-electron chi connectivity index (χ1n) is 7.41. The second-order valence-corrected chi connectivity index (χ2v) is 4.98. The molecule has 0 aliphatic carbocycles. The van der Waals surface area contributed by atoms with Gasteiger partial charge in [0.15, 0.2) is 0 Å². The summed E-state index contributed by atoms with van der Waals surface area (Å²) in [7, 11) is 0. The molecule has 0 heterocycles. The van der Waals surface area contributed by atoms with Crippen LogP contribution in [0.25, 0.3) is 11.1 Å². The molecule has 2 aromatic carbocycles. The van der Waals surface area contributed by atoms with Gasteiger partial charge < -0.3 is 5.32 Å². The number of para-hydroxylation sites is 1. The van der Waals surface area contributed by atoms with Gasteiger partial charge in [0.2, 0.25) is 0 Å². The Morgan fingerprint density at radius 2 is 1.60 bits per heavy atom. The predicted molar refractivity (Wildman–Crippen MR) is 89.0 cm³/mol. The molecule has 0 saturated heterocycles. The molecule has 1 heteroatoms. The van der Waals surface area contributed by atoms with Crippen molar-refractivity contribution in [1.82, 2.24) is 0 Å². The monoisotopic (exact) mass is 265 g/mol. The highest BCUT2D eigenvalue weighted by Crippen LogP contribution is 2.27. The van der Waals surface area contributed by atoms with Crippen LogP contribution in [-0.4, -0.2) is 6.54 Å². The molecule has 2 rings (SSSR count). The third-order valence-corrected chi connectivity index (χ3v) is 3.41. The molecule has 0 amide bonds. The van der Waals surface area contributed by atoms with Gasteiger partial charge in [0, 0.05) is 17.8 Å². The Morgan fingerprint density at radius 1 is 0.850 bits per heavy atom. The smallest absolute Gasteiger partial charge is 0.0419 e. The lowest BCUT2D eigenvalue weighted by Crippen LogP contribution is -2.02. The summed E-state index contributed by atoms with van der Waals surface area (Å²) >= 11 is 0. The van der Waals surface area contributed by atoms with Crippen molar-refractivity contribution in [3.05, 3.63) is 67.3 Å². The second-order valence-electron chi connectivity index (χ2n) is 4.98. The Balaban J connectivity index is 1.93. The van der Waals surface area contributed by atoms with Crippen LogP contribution in [0.3, 0.4) is 0 Å². The molecule has 0 saturated carbocycles. The van der Waals surface area contributed by atoms with Gasteiger partial charge in [-0.2, -0.15) is 0 Å². The van der Waals surface area contributed by atoms with Gasteiger partial charge in [0.1, 0.15) is 0 Å². The van der Waals surface area contributed by atoms with Gasteiger partial charge in [0.05, 0.1) is 0 Å². The first-order valence-corrected chi connectivity index (χ1v) is 7.41. The molecule has 20 heavy (non-hydrogen) atoms. The number of hydrogen-bond donors (Lipinski definition) is 1. The van der Waals surface area contributed by atoms with Crippen LogP contribution in [0.2, 0.25) is 0 Å². The van der Waals surface area contributed by atoms with Crippen molar-refractivity contribution < 1.29 is 0 Å². The highest BCUT2D eigenvalue weighted by molar-refractivity contribution is 5.77. The van der Waals surface area contributed by atoms with Gasteiger partial charge >= 0.3 is 0 Å². The van der Waals surface area contributed by atoms with Gasteiger partial charge in [0.25, 0.3) is 0 Å². The fourth-order valence-corrected chi connectivity index (χ4v) is 2.32. The zero-order valence-corrected chi connectivity index (χ0v) is 12.0. The first-order chi connectivity index (χ1) is 9.92. The quantitative estimate of drug-likeness (QED) is 0.490. The minimum absolute atomic E-state index is 1.03. The lowest BCUT2D eigenvalue weighted by Gasteiger charge is -2.12. The summed E-state index contributed by atoms with van der Waals surface area (Å²) in [6, 6.07) is 19.1. The van der Waals surface area contributed by atoms with Crippen LogP contribution in [0.5, 0.6) is 0 Å². The number of nitrogens with one attached hydrogen (secondary N) is 1. The van der Waals surface area contributed by atoms with Gasteiger partial charge in [-0.25, -0.2) is 0 Å². The van der Waals surface area contributed by atoms with Crippen molar-refractivity contribution in [3.8, 4) is 11.1 Å². The van der Waals surface area contributed by atoms with E-state index in [1.165, 1.54) is 36.1 Å². The number of benzene rings is 2. The lowest BCUT2D eigenvalue weighted by molar-refractivity contribution is 0.709. The number of rotatable bonds is 8. The van der Waals surface area contributed by atoms with Gasteiger partial charge in [-0.3, -0.25) is 0 Å². The van der Waals surface area contributed by atoms with E-state index in [4.69, 9.17) is 0 Å². The highest BCUT2D eigenvalue weighted by Gasteiger charge is 2.02. The third kappa shape index (κ3) is 4.27. The Kier molecular flexibility index (Phi) is 5.91. The van der Waals surface area contributed by atoms with Crippen LogP contribution in [0.4, 0.5) is 5.69 Å². The molecule has 0 radical (unpaired) electrons. The van der Waals surface area contributed by atoms with Crippen LogP contribution >= 0.6 is 0 Å². The SMILES string of the molecule is C=CCCCCCNc1ccccc1-c1ccccc1. The summed E-state index contributed by atoms with van der Waals surface area (Å²) in [5.74, 6) is 0. The molecular formula is C19H23N. The topological polar surface area (TPSA) is 12.0 Å². The third-order valence-electron chi connectivity index (χ3n) is 3.41. The molecule has 2 aromatic rings. The fraction of sp³-hybridized carbons (Fsp3) is 0.263. The summed E-state index contributed by atoms with van der Waals surface area (Å²) in [6.07, 6.45) is 6.83. The van der Waals surface area contributed by atoms with Crippen LogP contribution in [0.15, 0.2) is 67.3 Å². The minimum atomic E-state index is 1.03. The Morgan fingerprint density at radius 3 is 2.40 bits per heavy atom. The standard InChI is InChI=1S/C19H23N/c1-2-3-4-5-11-16-20-19-15-10-9-14-18(19)17-12-7-6-8-13-17/h2,6-10,12-15,20H,1,3-5,11,16H2. The summed E-state index contributed by atoms with van der Waals surface area (Å²) < 4.78 is 0. The number of hydrogen-bond acceptors (Lipinski definition) is 1. The van der Waals surface area contributed by atoms with Crippen molar-refractivity contribution >= 4 is 5.69 Å². The first kappa shape index (κ1) is 14.4. The Hall–Kier alpha value is -2.02. The van der Waals surface area contributed by atoms with E-state index in [0.717, 1.165) is 13.0 Å². The van der Waals surface area contributed by atoms with E-state index in [2.05, 4.69) is 66.5 Å². The average molecular weight is 265 g/mol. The van der Waals surface area contributed by atoms with Crippen molar-refractivity contribution in [2.45, 2.75) is 25.7 Å². The average Bonchev–Trinajstić information content (AvgIpc) is 2.52. The van der Waals surface area contributed by atoms with E-state index in [-0.39, 0.29) is 0 Å². The summed E-state index contributed by atoms with van der Waals surface area (Å²) in [5.41, 5.74) is 3.77. The van der Waals surface area contributed by atoms with Crippen molar-refractivity contribution in [2.75, 3.05) is 11.9 Å². The maximum absolute atomic E-state index is 3.76. The van der Waals surface area contributed by atoms with Crippen LogP contribution in [0, 0.1) is 0 Å². The molecule has 0 aliphatic rings. The zero-order chi connectivity index (χ0) is 14.0. The zero-order valence-electron chi connectivity index (χ0n) is 12.0. The molecule has 0 bridgehead atoms. The van der Waals surface area contributed by atoms with E-state index in [0.29, 0.717) is 0 Å². The van der Waals surface area contributed by atoms with E-state index in [1.54, 1.807) is 0 Å². The summed E-state index contributed by atoms with van der Waals surface area (Å²) in [6.45, 7) is 4.78. The summed E-state index contributed by atoms with van der Waals surface area (Å²) in [5, 5.41) is 3.56. The molecule has 1 N–H and O–H groups in total. The number of allylic oxidation sites excluding steroid dienone is 1. The molecule has 0 spiro atoms. The highest BCUT2D eigenvalue weighted by atomic mass is 14.9. The molecule has 104 valence electrons. The van der Waals surface area contributed by atoms with Crippen molar-refractivity contribution in [1.29, 1.82) is 0 Å². The number of unbranched alkanes of at least 4 members (excludes halogenated alkanes) is 3. The Labute approximate surface area is 122 Å². The number of anilines is 1. The lowest BCUT2D eigenvalue weighted by atomic mass is 10.0. The van der Waals surface area contributed by atoms with E-state index >= 15 is 0 Å². The van der Waals surface area contributed by atoms with Gasteiger partial charge in [-0.1, -0.05) is 61.0 Å². The van der Waals surface area contributed by atoms with E-state index in [9.17, 15) is 0 Å². The molecule has 1 nitrogen and oxygen atoms in total. The normalized spacial score (nSPS) is 10.2. The maximum atomic E-state index is 3.76. The molecule has 0 fully saturated rings. The van der Waals surface area contributed by atoms with Crippen LogP contribution in [0.1, 0.15) is 25.7 Å². The minimum Gasteiger partial charge on any atom is -0.385 e. The van der Waals surface area contributed by atoms with E-state index in [1.807, 2.05) is 6.08 Å². The summed E-state index contributed by atoms with van der Waals surface area (Å²) in [4.78, 5) is 0. The Bertz CT molecular complexity index is 516. The van der Waals surface area contributed by atoms with Gasteiger partial charge in [-0.15, -0.1) is 6.58 Å². The second kappa shape index (κ2) is 8.21. The molecule has 0 aromatic heterocycles. The fourth-order valence-electron chi connectivity index (χ4n) is 2.32.